The normalized spacial score (nSPS) is 22.8. The summed E-state index contributed by atoms with van der Waals surface area (Å²) < 4.78 is 16.6. The molecular weight excluding hydrogens is 434 g/mol. The second-order valence-electron chi connectivity index (χ2n) is 7.97. The van der Waals surface area contributed by atoms with Gasteiger partial charge in [-0.25, -0.2) is 4.79 Å². The molecular formula is C25H27N5O4. The van der Waals surface area contributed by atoms with Crippen LogP contribution in [0.25, 0.3) is 0 Å². The third-order valence-electron chi connectivity index (χ3n) is 6.24. The first-order chi connectivity index (χ1) is 16.4. The molecule has 0 spiro atoms. The van der Waals surface area contributed by atoms with E-state index in [-0.39, 0.29) is 25.4 Å². The summed E-state index contributed by atoms with van der Waals surface area (Å²) in [5.74, 6) is -1.37. The fourth-order valence-corrected chi connectivity index (χ4v) is 4.81. The molecule has 1 fully saturated rings. The summed E-state index contributed by atoms with van der Waals surface area (Å²) >= 11 is 0. The van der Waals surface area contributed by atoms with E-state index in [1.807, 2.05) is 13.8 Å². The number of nitriles is 3. The van der Waals surface area contributed by atoms with Gasteiger partial charge in [-0.2, -0.15) is 15.8 Å². The number of hydrogen-bond acceptors (Lipinski definition) is 8. The first-order valence-electron chi connectivity index (χ1n) is 11.2. The number of nitrogens with one attached hydrogen (secondary N) is 1. The van der Waals surface area contributed by atoms with Gasteiger partial charge in [0.2, 0.25) is 0 Å². The molecule has 0 bridgehead atoms. The molecule has 176 valence electrons. The van der Waals surface area contributed by atoms with E-state index in [1.165, 1.54) is 4.90 Å². The van der Waals surface area contributed by atoms with Gasteiger partial charge in [0.25, 0.3) is 0 Å². The van der Waals surface area contributed by atoms with E-state index in [1.54, 1.807) is 31.2 Å². The zero-order valence-electron chi connectivity index (χ0n) is 19.5. The Morgan fingerprint density at radius 2 is 1.79 bits per heavy atom. The number of hydrogen-bond donors (Lipinski definition) is 1. The van der Waals surface area contributed by atoms with Crippen molar-refractivity contribution in [2.45, 2.75) is 26.7 Å². The van der Waals surface area contributed by atoms with Crippen LogP contribution in [-0.4, -0.2) is 49.6 Å². The minimum absolute atomic E-state index is 0.156. The van der Waals surface area contributed by atoms with E-state index >= 15 is 0 Å². The third kappa shape index (κ3) is 4.04. The number of benzene rings is 1. The molecule has 1 N–H and O–H groups in total. The van der Waals surface area contributed by atoms with Crippen LogP contribution in [-0.2, 0) is 4.74 Å². The van der Waals surface area contributed by atoms with Gasteiger partial charge in [-0.3, -0.25) is 0 Å². The molecule has 1 amide bonds. The summed E-state index contributed by atoms with van der Waals surface area (Å²) in [5.41, 5.74) is -0.899. The summed E-state index contributed by atoms with van der Waals surface area (Å²) in [5, 5.41) is 39.0. The van der Waals surface area contributed by atoms with Gasteiger partial charge in [-0.1, -0.05) is 12.1 Å². The Labute approximate surface area is 199 Å². The molecule has 1 aliphatic heterocycles. The van der Waals surface area contributed by atoms with Crippen LogP contribution in [0.2, 0.25) is 0 Å². The van der Waals surface area contributed by atoms with Crippen molar-refractivity contribution in [2.75, 3.05) is 32.9 Å². The lowest BCUT2D eigenvalue weighted by Crippen LogP contribution is -2.53. The van der Waals surface area contributed by atoms with Gasteiger partial charge >= 0.3 is 6.09 Å². The average Bonchev–Trinajstić information content (AvgIpc) is 2.85. The van der Waals surface area contributed by atoms with E-state index < -0.39 is 29.3 Å². The maximum Gasteiger partial charge on any atom is 0.410 e. The number of rotatable bonds is 6. The largest absolute Gasteiger partial charge is 0.490 e. The van der Waals surface area contributed by atoms with Crippen molar-refractivity contribution in [1.82, 2.24) is 4.90 Å². The second kappa shape index (κ2) is 10.3. The van der Waals surface area contributed by atoms with Crippen LogP contribution in [0.3, 0.4) is 0 Å². The Morgan fingerprint density at radius 3 is 2.38 bits per heavy atom. The molecule has 0 aromatic heterocycles. The third-order valence-corrected chi connectivity index (χ3v) is 6.24. The molecule has 0 saturated heterocycles. The molecule has 0 radical (unpaired) electrons. The predicted molar refractivity (Wildman–Crippen MR) is 122 cm³/mol. The summed E-state index contributed by atoms with van der Waals surface area (Å²) in [6, 6.07) is 11.4. The number of amides is 1. The van der Waals surface area contributed by atoms with Crippen molar-refractivity contribution in [3.63, 3.8) is 0 Å². The molecule has 1 aromatic rings. The van der Waals surface area contributed by atoms with Crippen LogP contribution in [0.5, 0.6) is 11.5 Å². The summed E-state index contributed by atoms with van der Waals surface area (Å²) in [6.07, 6.45) is 1.24. The number of nitrogens with zero attached hydrogens (tertiary/aromatic N) is 4. The van der Waals surface area contributed by atoms with Crippen LogP contribution in [0.4, 0.5) is 4.79 Å². The van der Waals surface area contributed by atoms with Gasteiger partial charge < -0.3 is 24.5 Å². The smallest absolute Gasteiger partial charge is 0.410 e. The first-order valence-corrected chi connectivity index (χ1v) is 11.2. The first kappa shape index (κ1) is 24.6. The quantitative estimate of drug-likeness (QED) is 0.635. The van der Waals surface area contributed by atoms with Gasteiger partial charge in [-0.05, 0) is 44.0 Å². The number of fused-ring (bicyclic) bond motifs is 1. The maximum atomic E-state index is 12.5. The highest BCUT2D eigenvalue weighted by Gasteiger charge is 2.58. The molecule has 2 aliphatic rings. The van der Waals surface area contributed by atoms with E-state index in [0.717, 1.165) is 0 Å². The van der Waals surface area contributed by atoms with E-state index in [0.29, 0.717) is 35.8 Å². The molecule has 3 atom stereocenters. The molecule has 1 heterocycles. The lowest BCUT2D eigenvalue weighted by molar-refractivity contribution is 0.0992. The molecule has 0 unspecified atom stereocenters. The fourth-order valence-electron chi connectivity index (χ4n) is 4.81. The van der Waals surface area contributed by atoms with Crippen molar-refractivity contribution < 1.29 is 19.0 Å². The Hall–Kier alpha value is -4.03. The Bertz CT molecular complexity index is 1110. The molecule has 34 heavy (non-hydrogen) atoms. The van der Waals surface area contributed by atoms with E-state index in [4.69, 9.17) is 19.6 Å². The van der Waals surface area contributed by atoms with Crippen molar-refractivity contribution in [1.29, 1.82) is 21.2 Å². The topological polar surface area (TPSA) is 143 Å². The minimum atomic E-state index is -1.89. The molecule has 1 saturated carbocycles. The summed E-state index contributed by atoms with van der Waals surface area (Å²) in [4.78, 5) is 14.0. The van der Waals surface area contributed by atoms with Crippen LogP contribution < -0.4 is 9.47 Å². The van der Waals surface area contributed by atoms with Gasteiger partial charge in [0.1, 0.15) is 5.92 Å². The van der Waals surface area contributed by atoms with Gasteiger partial charge in [0.05, 0.1) is 43.7 Å². The molecule has 3 rings (SSSR count). The second-order valence-corrected chi connectivity index (χ2v) is 7.97. The van der Waals surface area contributed by atoms with Crippen molar-refractivity contribution in [2.24, 2.45) is 17.3 Å². The maximum absolute atomic E-state index is 12.5. The molecule has 9 nitrogen and oxygen atoms in total. The van der Waals surface area contributed by atoms with Crippen LogP contribution in [0.1, 0.15) is 32.3 Å². The number of carbonyl (C=O) groups excluding carboxylic acids is 1. The van der Waals surface area contributed by atoms with Crippen LogP contribution in [0, 0.1) is 56.7 Å². The van der Waals surface area contributed by atoms with Gasteiger partial charge in [0.15, 0.2) is 16.9 Å². The Morgan fingerprint density at radius 1 is 1.12 bits per heavy atom. The van der Waals surface area contributed by atoms with E-state index in [2.05, 4.69) is 18.2 Å². The standard InChI is InChI=1S/C25H27N5O4/c1-4-32-20-8-7-16(11-21(20)33-5-2)22-19-13-30(24(31)34-6-3)10-9-17(19)18(12-26)23(29)25(22,14-27)15-28/h7-9,11,18-19,22,29H,4-6,10,13H2,1-3H3/t18-,19+,22-/m1/s1. The average molecular weight is 462 g/mol. The predicted octanol–water partition coefficient (Wildman–Crippen LogP) is 3.79. The van der Waals surface area contributed by atoms with Gasteiger partial charge in [-0.15, -0.1) is 0 Å². The highest BCUT2D eigenvalue weighted by molar-refractivity contribution is 6.01. The number of carbonyl (C=O) groups is 1. The Balaban J connectivity index is 2.21. The van der Waals surface area contributed by atoms with Gasteiger partial charge in [0, 0.05) is 24.9 Å². The monoisotopic (exact) mass is 461 g/mol. The van der Waals surface area contributed by atoms with Crippen LogP contribution in [0.15, 0.2) is 29.8 Å². The number of ether oxygens (including phenoxy) is 3. The minimum Gasteiger partial charge on any atom is -0.490 e. The SMILES string of the molecule is CCOC(=O)N1CC=C2[C@@H](C#N)C(=N)C(C#N)(C#N)[C@H](c3ccc(OCC)c(OCC)c3)[C@H]2C1. The fraction of sp³-hybridized carbons (Fsp3) is 0.480. The lowest BCUT2D eigenvalue weighted by Gasteiger charge is -2.47. The zero-order chi connectivity index (χ0) is 24.9. The molecule has 1 aromatic carbocycles. The molecule has 1 aliphatic carbocycles. The van der Waals surface area contributed by atoms with E-state index in [9.17, 15) is 20.6 Å². The van der Waals surface area contributed by atoms with Crippen molar-refractivity contribution in [3.8, 4) is 29.7 Å². The summed E-state index contributed by atoms with van der Waals surface area (Å²) in [6.45, 7) is 6.81. The zero-order valence-corrected chi connectivity index (χ0v) is 19.5. The highest BCUT2D eigenvalue weighted by Crippen LogP contribution is 2.54. The molecule has 9 heteroatoms. The van der Waals surface area contributed by atoms with Crippen molar-refractivity contribution >= 4 is 11.8 Å². The van der Waals surface area contributed by atoms with Crippen LogP contribution >= 0.6 is 0 Å². The Kier molecular flexibility index (Phi) is 7.44. The highest BCUT2D eigenvalue weighted by atomic mass is 16.6. The lowest BCUT2D eigenvalue weighted by atomic mass is 9.54. The van der Waals surface area contributed by atoms with Crippen molar-refractivity contribution in [3.05, 3.63) is 35.4 Å². The summed E-state index contributed by atoms with van der Waals surface area (Å²) in [7, 11) is 0.